The molecule has 1 aliphatic carbocycles. The molecule has 23 heavy (non-hydrogen) atoms. The van der Waals surface area contributed by atoms with Gasteiger partial charge in [-0.25, -0.2) is 0 Å². The molecule has 1 saturated carbocycles. The summed E-state index contributed by atoms with van der Waals surface area (Å²) < 4.78 is 0. The van der Waals surface area contributed by atoms with Crippen LogP contribution in [0.2, 0.25) is 0 Å². The van der Waals surface area contributed by atoms with Gasteiger partial charge in [0.05, 0.1) is 0 Å². The fourth-order valence-electron chi connectivity index (χ4n) is 3.31. The Bertz CT molecular complexity index is 659. The number of likely N-dealkylation sites (tertiary alicyclic amines) is 1. The molecule has 1 saturated heterocycles. The molecule has 4 rings (SSSR count). The lowest BCUT2D eigenvalue weighted by Crippen LogP contribution is -2.44. The van der Waals surface area contributed by atoms with E-state index in [1.54, 1.807) is 23.5 Å². The zero-order valence-corrected chi connectivity index (χ0v) is 14.2. The Hall–Kier alpha value is -1.66. The number of phenolic OH excluding ortho intramolecular Hbond substituents is 1. The predicted octanol–water partition coefficient (Wildman–Crippen LogP) is 2.97. The van der Waals surface area contributed by atoms with Crippen LogP contribution in [0.4, 0.5) is 5.13 Å². The number of phenols is 1. The smallest absolute Gasteiger partial charge is 0.208 e. The minimum atomic E-state index is 0.276. The molecule has 0 amide bonds. The fourth-order valence-corrected chi connectivity index (χ4v) is 4.20. The van der Waals surface area contributed by atoms with Gasteiger partial charge in [-0.05, 0) is 49.9 Å². The third kappa shape index (κ3) is 3.19. The summed E-state index contributed by atoms with van der Waals surface area (Å²) >= 11 is 1.62. The van der Waals surface area contributed by atoms with E-state index in [1.165, 1.54) is 38.8 Å². The Labute approximate surface area is 140 Å². The van der Waals surface area contributed by atoms with Crippen molar-refractivity contribution in [3.8, 4) is 16.3 Å². The highest BCUT2D eigenvalue weighted by Crippen LogP contribution is 2.33. The summed E-state index contributed by atoms with van der Waals surface area (Å²) in [5.41, 5.74) is 1.00. The second-order valence-corrected chi connectivity index (χ2v) is 7.50. The summed E-state index contributed by atoms with van der Waals surface area (Å²) in [6, 6.07) is 8.58. The first-order valence-electron chi connectivity index (χ1n) is 8.30. The summed E-state index contributed by atoms with van der Waals surface area (Å²) in [7, 11) is 2.14. The molecule has 0 bridgehead atoms. The van der Waals surface area contributed by atoms with E-state index in [-0.39, 0.29) is 5.75 Å². The van der Waals surface area contributed by atoms with E-state index < -0.39 is 0 Å². The van der Waals surface area contributed by atoms with Crippen molar-refractivity contribution >= 4 is 16.5 Å². The van der Waals surface area contributed by atoms with Gasteiger partial charge in [-0.15, -0.1) is 10.2 Å². The van der Waals surface area contributed by atoms with Crippen LogP contribution < -0.4 is 4.90 Å². The van der Waals surface area contributed by atoms with Crippen LogP contribution in [0.3, 0.4) is 0 Å². The normalized spacial score (nSPS) is 19.9. The largest absolute Gasteiger partial charge is 0.508 e. The maximum absolute atomic E-state index is 9.39. The van der Waals surface area contributed by atoms with E-state index in [0.29, 0.717) is 6.04 Å². The van der Waals surface area contributed by atoms with Crippen molar-refractivity contribution in [2.75, 3.05) is 25.0 Å². The molecular formula is C17H22N4OS. The lowest BCUT2D eigenvalue weighted by atomic mass is 10.0. The molecule has 1 aromatic carbocycles. The van der Waals surface area contributed by atoms with Crippen molar-refractivity contribution in [3.63, 3.8) is 0 Å². The van der Waals surface area contributed by atoms with Gasteiger partial charge in [0, 0.05) is 37.8 Å². The summed E-state index contributed by atoms with van der Waals surface area (Å²) in [6.07, 6.45) is 5.21. The van der Waals surface area contributed by atoms with Gasteiger partial charge in [0.1, 0.15) is 10.8 Å². The summed E-state index contributed by atoms with van der Waals surface area (Å²) in [5.74, 6) is 0.276. The topological polar surface area (TPSA) is 52.5 Å². The Morgan fingerprint density at radius 1 is 1.09 bits per heavy atom. The molecule has 2 aliphatic rings. The maximum atomic E-state index is 9.39. The highest BCUT2D eigenvalue weighted by molar-refractivity contribution is 7.18. The van der Waals surface area contributed by atoms with Crippen molar-refractivity contribution in [1.29, 1.82) is 0 Å². The average molecular weight is 330 g/mol. The van der Waals surface area contributed by atoms with Crippen LogP contribution in [-0.4, -0.2) is 52.4 Å². The number of anilines is 1. The van der Waals surface area contributed by atoms with E-state index in [2.05, 4.69) is 27.0 Å². The summed E-state index contributed by atoms with van der Waals surface area (Å²) in [6.45, 7) is 2.42. The highest BCUT2D eigenvalue weighted by atomic mass is 32.1. The third-order valence-corrected chi connectivity index (χ3v) is 6.00. The molecule has 0 atom stereocenters. The molecule has 1 N–H and O–H groups in total. The van der Waals surface area contributed by atoms with Crippen molar-refractivity contribution in [2.45, 2.75) is 37.8 Å². The maximum Gasteiger partial charge on any atom is 0.208 e. The molecule has 2 heterocycles. The van der Waals surface area contributed by atoms with Gasteiger partial charge in [0.2, 0.25) is 5.13 Å². The molecule has 2 aromatic rings. The van der Waals surface area contributed by atoms with Crippen molar-refractivity contribution < 1.29 is 5.11 Å². The molecule has 6 heteroatoms. The Morgan fingerprint density at radius 2 is 1.78 bits per heavy atom. The molecule has 5 nitrogen and oxygen atoms in total. The second kappa shape index (κ2) is 6.09. The van der Waals surface area contributed by atoms with Gasteiger partial charge < -0.3 is 14.9 Å². The molecule has 1 aromatic heterocycles. The molecule has 1 aliphatic heterocycles. The SMILES string of the molecule is CN(c1nnc(-c2ccc(O)cc2)s1)C1CCN(C2CC2)CC1. The Kier molecular flexibility index (Phi) is 3.95. The van der Waals surface area contributed by atoms with Crippen LogP contribution >= 0.6 is 11.3 Å². The van der Waals surface area contributed by atoms with Gasteiger partial charge in [0.25, 0.3) is 0 Å². The summed E-state index contributed by atoms with van der Waals surface area (Å²) in [5, 5.41) is 20.0. The monoisotopic (exact) mass is 330 g/mol. The van der Waals surface area contributed by atoms with E-state index in [9.17, 15) is 5.11 Å². The minimum absolute atomic E-state index is 0.276. The zero-order chi connectivity index (χ0) is 15.8. The number of piperidine rings is 1. The number of aromatic nitrogens is 2. The molecule has 122 valence electrons. The Balaban J connectivity index is 1.42. The molecule has 0 radical (unpaired) electrons. The van der Waals surface area contributed by atoms with E-state index in [4.69, 9.17) is 0 Å². The van der Waals surface area contributed by atoms with Crippen LogP contribution in [0.1, 0.15) is 25.7 Å². The first-order chi connectivity index (χ1) is 11.2. The lowest BCUT2D eigenvalue weighted by molar-refractivity contribution is 0.202. The number of rotatable bonds is 4. The molecular weight excluding hydrogens is 308 g/mol. The molecule has 2 fully saturated rings. The average Bonchev–Trinajstić information content (AvgIpc) is 3.32. The third-order valence-electron chi connectivity index (χ3n) is 4.94. The number of aromatic hydroxyl groups is 1. The van der Waals surface area contributed by atoms with Crippen LogP contribution in [-0.2, 0) is 0 Å². The number of nitrogens with zero attached hydrogens (tertiary/aromatic N) is 4. The van der Waals surface area contributed by atoms with Crippen LogP contribution in [0.5, 0.6) is 5.75 Å². The van der Waals surface area contributed by atoms with E-state index in [0.717, 1.165) is 21.7 Å². The van der Waals surface area contributed by atoms with E-state index >= 15 is 0 Å². The summed E-state index contributed by atoms with van der Waals surface area (Å²) in [4.78, 5) is 4.94. The first-order valence-corrected chi connectivity index (χ1v) is 9.12. The lowest BCUT2D eigenvalue weighted by Gasteiger charge is -2.36. The fraction of sp³-hybridized carbons (Fsp3) is 0.529. The van der Waals surface area contributed by atoms with Gasteiger partial charge in [-0.2, -0.15) is 0 Å². The van der Waals surface area contributed by atoms with Crippen LogP contribution in [0.15, 0.2) is 24.3 Å². The van der Waals surface area contributed by atoms with Crippen molar-refractivity contribution in [1.82, 2.24) is 15.1 Å². The predicted molar refractivity (Wildman–Crippen MR) is 93.0 cm³/mol. The zero-order valence-electron chi connectivity index (χ0n) is 13.4. The van der Waals surface area contributed by atoms with Crippen LogP contribution in [0, 0.1) is 0 Å². The van der Waals surface area contributed by atoms with Crippen molar-refractivity contribution in [3.05, 3.63) is 24.3 Å². The Morgan fingerprint density at radius 3 is 2.43 bits per heavy atom. The molecule has 0 spiro atoms. The first kappa shape index (κ1) is 14.9. The molecule has 0 unspecified atom stereocenters. The number of benzene rings is 1. The number of hydrogen-bond donors (Lipinski definition) is 1. The van der Waals surface area contributed by atoms with Crippen molar-refractivity contribution in [2.24, 2.45) is 0 Å². The van der Waals surface area contributed by atoms with Gasteiger partial charge in [-0.3, -0.25) is 0 Å². The standard InChI is InChI=1S/C17H22N4OS/c1-20(13-8-10-21(11-9-13)14-4-5-14)17-19-18-16(23-17)12-2-6-15(22)7-3-12/h2-3,6-7,13-14,22H,4-5,8-11H2,1H3. The highest BCUT2D eigenvalue weighted by Gasteiger charge is 2.33. The van der Waals surface area contributed by atoms with Gasteiger partial charge >= 0.3 is 0 Å². The minimum Gasteiger partial charge on any atom is -0.508 e. The van der Waals surface area contributed by atoms with Gasteiger partial charge in [-0.1, -0.05) is 11.3 Å². The quantitative estimate of drug-likeness (QED) is 0.934. The van der Waals surface area contributed by atoms with Gasteiger partial charge in [0.15, 0.2) is 0 Å². The van der Waals surface area contributed by atoms with Crippen LogP contribution in [0.25, 0.3) is 10.6 Å². The second-order valence-electron chi connectivity index (χ2n) is 6.55. The number of hydrogen-bond acceptors (Lipinski definition) is 6. The van der Waals surface area contributed by atoms with E-state index in [1.807, 2.05) is 12.1 Å².